The van der Waals surface area contributed by atoms with Crippen molar-refractivity contribution in [2.45, 2.75) is 25.9 Å². The molecule has 0 aromatic heterocycles. The molecule has 0 unspecified atom stereocenters. The number of urea groups is 1. The quantitative estimate of drug-likeness (QED) is 0.782. The molecule has 5 nitrogen and oxygen atoms in total. The summed E-state index contributed by atoms with van der Waals surface area (Å²) >= 11 is 5.76. The van der Waals surface area contributed by atoms with Gasteiger partial charge in [-0.25, -0.2) is 4.79 Å². The molecule has 0 spiro atoms. The van der Waals surface area contributed by atoms with Gasteiger partial charge in [-0.15, -0.1) is 0 Å². The monoisotopic (exact) mass is 386 g/mol. The Labute approximate surface area is 152 Å². The second-order valence-electron chi connectivity index (χ2n) is 5.81. The fourth-order valence-electron chi connectivity index (χ4n) is 2.39. The predicted molar refractivity (Wildman–Crippen MR) is 89.6 cm³/mol. The number of aryl methyl sites for hydroxylation is 2. The van der Waals surface area contributed by atoms with Crippen LogP contribution in [-0.4, -0.2) is 18.1 Å². The van der Waals surface area contributed by atoms with E-state index in [0.29, 0.717) is 11.3 Å². The Morgan fingerprint density at radius 3 is 2.46 bits per heavy atom. The number of halogens is 4. The van der Waals surface area contributed by atoms with Crippen molar-refractivity contribution in [2.24, 2.45) is 0 Å². The number of carbonyl (C=O) groups excluding carboxylic acids is 1. The predicted octanol–water partition coefficient (Wildman–Crippen LogP) is 4.77. The molecule has 2 N–H and O–H groups in total. The van der Waals surface area contributed by atoms with Gasteiger partial charge in [0.2, 0.25) is 0 Å². The van der Waals surface area contributed by atoms with Crippen LogP contribution in [0.4, 0.5) is 23.7 Å². The van der Waals surface area contributed by atoms with Crippen LogP contribution in [-0.2, 0) is 0 Å². The molecule has 0 bridgehead atoms. The smallest absolute Gasteiger partial charge is 0.424 e. The topological polar surface area (TPSA) is 59.6 Å². The molecule has 0 fully saturated rings. The third kappa shape index (κ3) is 3.37. The van der Waals surface area contributed by atoms with E-state index < -0.39 is 18.1 Å². The van der Waals surface area contributed by atoms with Crippen molar-refractivity contribution < 1.29 is 27.4 Å². The van der Waals surface area contributed by atoms with Crippen LogP contribution >= 0.6 is 11.6 Å². The van der Waals surface area contributed by atoms with Crippen molar-refractivity contribution >= 4 is 23.3 Å². The largest absolute Gasteiger partial charge is 0.492 e. The summed E-state index contributed by atoms with van der Waals surface area (Å²) in [4.78, 5) is 12.2. The van der Waals surface area contributed by atoms with E-state index in [0.717, 1.165) is 5.56 Å². The first-order chi connectivity index (χ1) is 12.1. The Morgan fingerprint density at radius 1 is 1.08 bits per heavy atom. The number of ether oxygens (including phenoxy) is 2. The SMILES string of the molecule is Cc1ccc(C)c(NC(=O)N[C@@]2(C(F)(F)F)Oc3ccc(Cl)cc3O2)c1. The van der Waals surface area contributed by atoms with Gasteiger partial charge in [-0.3, -0.25) is 5.32 Å². The number of carbonyl (C=O) groups is 1. The molecule has 1 heterocycles. The molecule has 2 amide bonds. The highest BCUT2D eigenvalue weighted by Gasteiger charge is 2.65. The van der Waals surface area contributed by atoms with Crippen LogP contribution in [0, 0.1) is 13.8 Å². The maximum Gasteiger partial charge on any atom is 0.492 e. The Kier molecular flexibility index (Phi) is 4.39. The molecule has 2 aromatic carbocycles. The number of amides is 2. The first-order valence-electron chi connectivity index (χ1n) is 7.50. The number of hydrogen-bond donors (Lipinski definition) is 2. The van der Waals surface area contributed by atoms with E-state index in [1.54, 1.807) is 31.3 Å². The average molecular weight is 387 g/mol. The van der Waals surface area contributed by atoms with Crippen LogP contribution < -0.4 is 20.1 Å². The zero-order valence-electron chi connectivity index (χ0n) is 13.7. The molecule has 3 rings (SSSR count). The van der Waals surface area contributed by atoms with Gasteiger partial charge >= 0.3 is 18.1 Å². The van der Waals surface area contributed by atoms with Gasteiger partial charge in [-0.05, 0) is 43.2 Å². The highest BCUT2D eigenvalue weighted by molar-refractivity contribution is 6.30. The lowest BCUT2D eigenvalue weighted by Gasteiger charge is -2.29. The van der Waals surface area contributed by atoms with Crippen LogP contribution in [0.5, 0.6) is 11.5 Å². The normalized spacial score (nSPS) is 18.5. The van der Waals surface area contributed by atoms with E-state index in [4.69, 9.17) is 21.1 Å². The van der Waals surface area contributed by atoms with Crippen molar-refractivity contribution in [3.8, 4) is 11.5 Å². The van der Waals surface area contributed by atoms with Gasteiger partial charge in [0.15, 0.2) is 11.5 Å². The molecule has 2 aromatic rings. The molecule has 1 aliphatic rings. The molecule has 26 heavy (non-hydrogen) atoms. The van der Waals surface area contributed by atoms with E-state index >= 15 is 0 Å². The molecule has 0 saturated heterocycles. The summed E-state index contributed by atoms with van der Waals surface area (Å²) in [5.74, 6) is -3.75. The van der Waals surface area contributed by atoms with Crippen molar-refractivity contribution in [1.82, 2.24) is 5.32 Å². The molecule has 138 valence electrons. The van der Waals surface area contributed by atoms with E-state index in [1.165, 1.54) is 18.2 Å². The molecule has 1 aliphatic heterocycles. The molecule has 0 saturated carbocycles. The van der Waals surface area contributed by atoms with Gasteiger partial charge in [0.05, 0.1) is 0 Å². The number of nitrogens with one attached hydrogen (secondary N) is 2. The maximum absolute atomic E-state index is 13.6. The summed E-state index contributed by atoms with van der Waals surface area (Å²) in [6.45, 7) is 3.51. The third-order valence-corrected chi connectivity index (χ3v) is 3.94. The fourth-order valence-corrected chi connectivity index (χ4v) is 2.55. The number of benzene rings is 2. The fraction of sp³-hybridized carbons (Fsp3) is 0.235. The maximum atomic E-state index is 13.6. The number of alkyl halides is 3. The Bertz CT molecular complexity index is 873. The lowest BCUT2D eigenvalue weighted by atomic mass is 10.1. The van der Waals surface area contributed by atoms with Gasteiger partial charge < -0.3 is 14.8 Å². The standard InChI is InChI=1S/C17H14ClF3N2O3/c1-9-3-4-10(2)12(7-9)22-15(24)23-17(16(19,20)21)25-13-6-5-11(18)8-14(13)26-17/h3-8H,1-2H3,(H2,22,23,24)/t17-/m0/s1. The lowest BCUT2D eigenvalue weighted by Crippen LogP contribution is -2.65. The Balaban J connectivity index is 1.85. The Morgan fingerprint density at radius 2 is 1.77 bits per heavy atom. The first kappa shape index (κ1) is 18.2. The first-order valence-corrected chi connectivity index (χ1v) is 7.88. The van der Waals surface area contributed by atoms with Crippen molar-refractivity contribution in [3.05, 3.63) is 52.5 Å². The van der Waals surface area contributed by atoms with E-state index in [1.807, 2.05) is 6.07 Å². The summed E-state index contributed by atoms with van der Waals surface area (Å²) in [7, 11) is 0. The molecule has 0 radical (unpaired) electrons. The average Bonchev–Trinajstić information content (AvgIpc) is 2.89. The third-order valence-electron chi connectivity index (χ3n) is 3.71. The minimum atomic E-state index is -5.04. The number of anilines is 1. The summed E-state index contributed by atoms with van der Waals surface area (Å²) in [5, 5.41) is 4.28. The van der Waals surface area contributed by atoms with Gasteiger partial charge in [0, 0.05) is 16.8 Å². The summed E-state index contributed by atoms with van der Waals surface area (Å²) < 4.78 is 50.6. The van der Waals surface area contributed by atoms with E-state index in [9.17, 15) is 18.0 Å². The van der Waals surface area contributed by atoms with Crippen LogP contribution in [0.3, 0.4) is 0 Å². The molecule has 1 atom stereocenters. The lowest BCUT2D eigenvalue weighted by molar-refractivity contribution is -0.317. The van der Waals surface area contributed by atoms with E-state index in [2.05, 4.69) is 5.32 Å². The minimum absolute atomic E-state index is 0.171. The van der Waals surface area contributed by atoms with Crippen molar-refractivity contribution in [3.63, 3.8) is 0 Å². The minimum Gasteiger partial charge on any atom is -0.424 e. The zero-order chi connectivity index (χ0) is 19.1. The number of hydrogen-bond acceptors (Lipinski definition) is 3. The number of fused-ring (bicyclic) bond motifs is 1. The van der Waals surface area contributed by atoms with Crippen LogP contribution in [0.15, 0.2) is 36.4 Å². The summed E-state index contributed by atoms with van der Waals surface area (Å²) in [6.07, 6.45) is -5.04. The van der Waals surface area contributed by atoms with Gasteiger partial charge in [0.25, 0.3) is 0 Å². The highest BCUT2D eigenvalue weighted by Crippen LogP contribution is 2.46. The number of rotatable bonds is 2. The second kappa shape index (κ2) is 6.28. The summed E-state index contributed by atoms with van der Waals surface area (Å²) in [6, 6.07) is 7.83. The highest BCUT2D eigenvalue weighted by atomic mass is 35.5. The van der Waals surface area contributed by atoms with Crippen molar-refractivity contribution in [2.75, 3.05) is 5.32 Å². The van der Waals surface area contributed by atoms with Gasteiger partial charge in [-0.1, -0.05) is 23.7 Å². The molecule has 0 aliphatic carbocycles. The van der Waals surface area contributed by atoms with Crippen LogP contribution in [0.25, 0.3) is 0 Å². The Hall–Kier alpha value is -2.61. The van der Waals surface area contributed by atoms with Gasteiger partial charge in [-0.2, -0.15) is 13.2 Å². The zero-order valence-corrected chi connectivity index (χ0v) is 14.5. The summed E-state index contributed by atoms with van der Waals surface area (Å²) in [5.41, 5.74) is 1.90. The molecular formula is C17H14ClF3N2O3. The van der Waals surface area contributed by atoms with Gasteiger partial charge in [0.1, 0.15) is 0 Å². The van der Waals surface area contributed by atoms with E-state index in [-0.39, 0.29) is 16.5 Å². The van der Waals surface area contributed by atoms with Crippen LogP contribution in [0.2, 0.25) is 5.02 Å². The molecular weight excluding hydrogens is 373 g/mol. The molecule has 9 heteroatoms. The van der Waals surface area contributed by atoms with Crippen LogP contribution in [0.1, 0.15) is 11.1 Å². The second-order valence-corrected chi connectivity index (χ2v) is 6.24. The van der Waals surface area contributed by atoms with Crippen molar-refractivity contribution in [1.29, 1.82) is 0 Å².